The van der Waals surface area contributed by atoms with Crippen molar-refractivity contribution in [3.05, 3.63) is 0 Å². The molecule has 1 fully saturated rings. The zero-order valence-corrected chi connectivity index (χ0v) is 11.2. The Morgan fingerprint density at radius 3 is 2.47 bits per heavy atom. The van der Waals surface area contributed by atoms with Crippen LogP contribution in [0.3, 0.4) is 0 Å². The maximum absolute atomic E-state index is 11.6. The van der Waals surface area contributed by atoms with Gasteiger partial charge in [0.2, 0.25) is 11.8 Å². The molecule has 1 unspecified atom stereocenters. The molecule has 0 radical (unpaired) electrons. The smallest absolute Gasteiger partial charge is 0.232 e. The predicted molar refractivity (Wildman–Crippen MR) is 67.2 cm³/mol. The molecule has 17 heavy (non-hydrogen) atoms. The number of carbonyl (C=O) groups excluding carboxylic acids is 2. The van der Waals surface area contributed by atoms with Crippen molar-refractivity contribution in [2.75, 3.05) is 13.1 Å². The van der Waals surface area contributed by atoms with Gasteiger partial charge in [-0.1, -0.05) is 27.2 Å². The lowest BCUT2D eigenvalue weighted by molar-refractivity contribution is -0.139. The molecule has 2 N–H and O–H groups in total. The van der Waals surface area contributed by atoms with Gasteiger partial charge >= 0.3 is 0 Å². The van der Waals surface area contributed by atoms with Crippen LogP contribution >= 0.6 is 0 Å². The molecule has 0 aromatic carbocycles. The minimum Gasteiger partial charge on any atom is -0.330 e. The first-order valence-corrected chi connectivity index (χ1v) is 6.41. The van der Waals surface area contributed by atoms with E-state index in [-0.39, 0.29) is 23.1 Å². The Hall–Kier alpha value is -0.900. The quantitative estimate of drug-likeness (QED) is 0.566. The molecule has 4 heteroatoms. The standard InChI is InChI=1S/C13H24N2O2/c1-10-8-11(16)15(12(10)17)7-5-4-6-13(2,3)9-14/h10H,4-9,14H2,1-3H3. The summed E-state index contributed by atoms with van der Waals surface area (Å²) < 4.78 is 0. The molecule has 0 aliphatic carbocycles. The Balaban J connectivity index is 2.28. The minimum absolute atomic E-state index is 0.00640. The molecular weight excluding hydrogens is 216 g/mol. The van der Waals surface area contributed by atoms with E-state index >= 15 is 0 Å². The number of likely N-dealkylation sites (tertiary alicyclic amines) is 1. The summed E-state index contributed by atoms with van der Waals surface area (Å²) in [5, 5.41) is 0. The molecule has 0 bridgehead atoms. The lowest BCUT2D eigenvalue weighted by atomic mass is 9.87. The fourth-order valence-electron chi connectivity index (χ4n) is 2.06. The molecular formula is C13H24N2O2. The summed E-state index contributed by atoms with van der Waals surface area (Å²) in [4.78, 5) is 24.6. The molecule has 1 heterocycles. The van der Waals surface area contributed by atoms with Gasteiger partial charge in [-0.15, -0.1) is 0 Å². The average Bonchev–Trinajstić information content (AvgIpc) is 2.50. The third kappa shape index (κ3) is 3.80. The lowest BCUT2D eigenvalue weighted by Crippen LogP contribution is -2.31. The number of rotatable bonds is 6. The molecule has 1 aliphatic heterocycles. The van der Waals surface area contributed by atoms with Crippen molar-refractivity contribution in [2.45, 2.75) is 46.5 Å². The molecule has 1 aliphatic rings. The van der Waals surface area contributed by atoms with Crippen molar-refractivity contribution in [3.8, 4) is 0 Å². The van der Waals surface area contributed by atoms with Gasteiger partial charge in [0.1, 0.15) is 0 Å². The number of hydrogen-bond donors (Lipinski definition) is 1. The van der Waals surface area contributed by atoms with Gasteiger partial charge in [0.25, 0.3) is 0 Å². The molecule has 1 saturated heterocycles. The van der Waals surface area contributed by atoms with Gasteiger partial charge in [0, 0.05) is 18.9 Å². The SMILES string of the molecule is CC1CC(=O)N(CCCCC(C)(C)CN)C1=O. The molecule has 1 rings (SSSR count). The molecule has 0 aromatic rings. The van der Waals surface area contributed by atoms with Gasteiger partial charge < -0.3 is 5.73 Å². The summed E-state index contributed by atoms with van der Waals surface area (Å²) in [7, 11) is 0. The highest BCUT2D eigenvalue weighted by Crippen LogP contribution is 2.23. The molecule has 4 nitrogen and oxygen atoms in total. The van der Waals surface area contributed by atoms with Gasteiger partial charge in [-0.05, 0) is 24.8 Å². The normalized spacial score (nSPS) is 21.4. The number of nitrogens with two attached hydrogens (primary N) is 1. The van der Waals surface area contributed by atoms with E-state index in [9.17, 15) is 9.59 Å². The third-order valence-corrected chi connectivity index (χ3v) is 3.51. The molecule has 2 amide bonds. The van der Waals surface area contributed by atoms with Gasteiger partial charge in [-0.25, -0.2) is 0 Å². The first-order chi connectivity index (χ1) is 7.87. The predicted octanol–water partition coefficient (Wildman–Crippen LogP) is 1.54. The second-order valence-electron chi connectivity index (χ2n) is 5.81. The molecule has 0 aromatic heterocycles. The number of imide groups is 1. The van der Waals surface area contributed by atoms with Crippen molar-refractivity contribution in [3.63, 3.8) is 0 Å². The zero-order chi connectivity index (χ0) is 13.1. The highest BCUT2D eigenvalue weighted by molar-refractivity contribution is 6.03. The van der Waals surface area contributed by atoms with Crippen LogP contribution in [0.5, 0.6) is 0 Å². The van der Waals surface area contributed by atoms with Crippen molar-refractivity contribution >= 4 is 11.8 Å². The van der Waals surface area contributed by atoms with Crippen LogP contribution < -0.4 is 5.73 Å². The monoisotopic (exact) mass is 240 g/mol. The minimum atomic E-state index is -0.122. The highest BCUT2D eigenvalue weighted by atomic mass is 16.2. The van der Waals surface area contributed by atoms with Gasteiger partial charge in [0.05, 0.1) is 0 Å². The molecule has 0 spiro atoms. The van der Waals surface area contributed by atoms with Gasteiger partial charge in [-0.2, -0.15) is 0 Å². The second kappa shape index (κ2) is 5.63. The Labute approximate surface area is 104 Å². The lowest BCUT2D eigenvalue weighted by Gasteiger charge is -2.22. The van der Waals surface area contributed by atoms with Crippen molar-refractivity contribution < 1.29 is 9.59 Å². The third-order valence-electron chi connectivity index (χ3n) is 3.51. The second-order valence-corrected chi connectivity index (χ2v) is 5.81. The molecule has 0 saturated carbocycles. The summed E-state index contributed by atoms with van der Waals surface area (Å²) in [6.45, 7) is 7.34. The number of unbranched alkanes of at least 4 members (excludes halogenated alkanes) is 1. The van der Waals surface area contributed by atoms with Crippen molar-refractivity contribution in [1.29, 1.82) is 0 Å². The van der Waals surface area contributed by atoms with E-state index in [0.717, 1.165) is 19.3 Å². The van der Waals surface area contributed by atoms with Crippen molar-refractivity contribution in [1.82, 2.24) is 4.90 Å². The largest absolute Gasteiger partial charge is 0.330 e. The Morgan fingerprint density at radius 1 is 1.35 bits per heavy atom. The number of nitrogens with zero attached hydrogens (tertiary/aromatic N) is 1. The Morgan fingerprint density at radius 2 is 2.00 bits per heavy atom. The van der Waals surface area contributed by atoms with E-state index < -0.39 is 0 Å². The Kier molecular flexibility index (Phi) is 4.69. The molecule has 1 atom stereocenters. The Bertz CT molecular complexity index is 300. The average molecular weight is 240 g/mol. The van der Waals surface area contributed by atoms with Crippen LogP contribution in [0.15, 0.2) is 0 Å². The van der Waals surface area contributed by atoms with E-state index in [4.69, 9.17) is 5.73 Å². The highest BCUT2D eigenvalue weighted by Gasteiger charge is 2.34. The van der Waals surface area contributed by atoms with E-state index in [1.165, 1.54) is 4.90 Å². The molecule has 98 valence electrons. The maximum atomic E-state index is 11.6. The summed E-state index contributed by atoms with van der Waals surface area (Å²) in [6.07, 6.45) is 3.31. The summed E-state index contributed by atoms with van der Waals surface area (Å²) in [6, 6.07) is 0. The van der Waals surface area contributed by atoms with Crippen molar-refractivity contribution in [2.24, 2.45) is 17.1 Å². The number of amides is 2. The first-order valence-electron chi connectivity index (χ1n) is 6.41. The van der Waals surface area contributed by atoms with Gasteiger partial charge in [0.15, 0.2) is 0 Å². The zero-order valence-electron chi connectivity index (χ0n) is 11.2. The van der Waals surface area contributed by atoms with Crippen LogP contribution in [0.2, 0.25) is 0 Å². The first kappa shape index (κ1) is 14.2. The van der Waals surface area contributed by atoms with E-state index in [1.807, 2.05) is 6.92 Å². The van der Waals surface area contributed by atoms with E-state index in [1.54, 1.807) is 0 Å². The summed E-state index contributed by atoms with van der Waals surface area (Å²) in [5.74, 6) is -0.142. The van der Waals surface area contributed by atoms with Crippen LogP contribution in [-0.2, 0) is 9.59 Å². The van der Waals surface area contributed by atoms with Crippen LogP contribution in [0.1, 0.15) is 46.5 Å². The van der Waals surface area contributed by atoms with E-state index in [0.29, 0.717) is 19.5 Å². The van der Waals surface area contributed by atoms with Crippen LogP contribution in [0.4, 0.5) is 0 Å². The topological polar surface area (TPSA) is 63.4 Å². The van der Waals surface area contributed by atoms with Crippen LogP contribution in [0, 0.1) is 11.3 Å². The fourth-order valence-corrected chi connectivity index (χ4v) is 2.06. The van der Waals surface area contributed by atoms with Crippen LogP contribution in [-0.4, -0.2) is 29.8 Å². The number of hydrogen-bond acceptors (Lipinski definition) is 3. The maximum Gasteiger partial charge on any atom is 0.232 e. The number of carbonyl (C=O) groups is 2. The summed E-state index contributed by atoms with van der Waals surface area (Å²) >= 11 is 0. The van der Waals surface area contributed by atoms with Crippen LogP contribution in [0.25, 0.3) is 0 Å². The summed E-state index contributed by atoms with van der Waals surface area (Å²) in [5.41, 5.74) is 5.81. The van der Waals surface area contributed by atoms with Gasteiger partial charge in [-0.3, -0.25) is 14.5 Å². The van der Waals surface area contributed by atoms with E-state index in [2.05, 4.69) is 13.8 Å². The fraction of sp³-hybridized carbons (Fsp3) is 0.846.